The average Bonchev–Trinajstić information content (AvgIpc) is 2.78. The minimum absolute atomic E-state index is 0.0421. The Balaban J connectivity index is 2.24. The van der Waals surface area contributed by atoms with Gasteiger partial charge in [-0.1, -0.05) is 36.7 Å². The van der Waals surface area contributed by atoms with Gasteiger partial charge in [0, 0.05) is 36.6 Å². The first-order valence-corrected chi connectivity index (χ1v) is 13.8. The molecule has 1 unspecified atom stereocenters. The van der Waals surface area contributed by atoms with Gasteiger partial charge >= 0.3 is 0 Å². The highest BCUT2D eigenvalue weighted by atomic mass is 35.5. The van der Waals surface area contributed by atoms with Crippen molar-refractivity contribution in [2.45, 2.75) is 58.7 Å². The molecule has 11 heteroatoms. The highest BCUT2D eigenvalue weighted by Crippen LogP contribution is 2.23. The number of carbonyl (C=O) groups is 2. The number of rotatable bonds is 12. The predicted molar refractivity (Wildman–Crippen MR) is 137 cm³/mol. The Morgan fingerprint density at radius 2 is 1.75 bits per heavy atom. The quantitative estimate of drug-likeness (QED) is 0.427. The van der Waals surface area contributed by atoms with E-state index >= 15 is 0 Å². The van der Waals surface area contributed by atoms with Gasteiger partial charge in [0.25, 0.3) is 0 Å². The Morgan fingerprint density at radius 1 is 1.08 bits per heavy atom. The predicted octanol–water partition coefficient (Wildman–Crippen LogP) is 4.50. The molecule has 0 heterocycles. The van der Waals surface area contributed by atoms with Crippen LogP contribution in [0.4, 0.5) is 14.5 Å². The molecule has 0 saturated carbocycles. The van der Waals surface area contributed by atoms with Gasteiger partial charge in [-0.2, -0.15) is 0 Å². The first-order valence-electron chi connectivity index (χ1n) is 11.6. The van der Waals surface area contributed by atoms with Crippen LogP contribution in [0.25, 0.3) is 0 Å². The van der Waals surface area contributed by atoms with Crippen molar-refractivity contribution in [2.24, 2.45) is 0 Å². The van der Waals surface area contributed by atoms with Crippen LogP contribution in [0.15, 0.2) is 42.5 Å². The third kappa shape index (κ3) is 8.16. The van der Waals surface area contributed by atoms with E-state index < -0.39 is 27.7 Å². The van der Waals surface area contributed by atoms with E-state index in [4.69, 9.17) is 11.6 Å². The van der Waals surface area contributed by atoms with E-state index in [1.54, 1.807) is 31.2 Å². The van der Waals surface area contributed by atoms with E-state index in [0.29, 0.717) is 17.0 Å². The van der Waals surface area contributed by atoms with Crippen LogP contribution in [-0.4, -0.2) is 50.0 Å². The molecule has 0 aliphatic carbocycles. The Bertz CT molecular complexity index is 1180. The molecule has 0 saturated heterocycles. The van der Waals surface area contributed by atoms with Crippen molar-refractivity contribution in [1.29, 1.82) is 0 Å². The number of halogens is 3. The molecule has 2 amide bonds. The van der Waals surface area contributed by atoms with Crippen molar-refractivity contribution in [2.75, 3.05) is 17.1 Å². The minimum Gasteiger partial charge on any atom is -0.352 e. The molecule has 0 spiro atoms. The standard InChI is InChI=1S/C25H32ClF2N3O4S/c1-5-23(25(33)29-17(2)3)30(16-18-9-6-7-10-20(18)26)24(32)11-8-14-31(36(4,34)35)19-12-13-21(27)22(28)15-19/h6-7,9-10,12-13,15,17,23H,5,8,11,14,16H2,1-4H3,(H,29,33). The lowest BCUT2D eigenvalue weighted by atomic mass is 10.1. The average molecular weight is 544 g/mol. The molecule has 2 aromatic carbocycles. The molecular formula is C25H32ClF2N3O4S. The van der Waals surface area contributed by atoms with Crippen molar-refractivity contribution in [3.05, 3.63) is 64.7 Å². The van der Waals surface area contributed by atoms with E-state index in [2.05, 4.69) is 5.32 Å². The van der Waals surface area contributed by atoms with Crippen LogP contribution in [0.5, 0.6) is 0 Å². The Morgan fingerprint density at radius 3 is 2.31 bits per heavy atom. The highest BCUT2D eigenvalue weighted by molar-refractivity contribution is 7.92. The van der Waals surface area contributed by atoms with Gasteiger partial charge in [0.05, 0.1) is 11.9 Å². The summed E-state index contributed by atoms with van der Waals surface area (Å²) in [5.74, 6) is -2.93. The largest absolute Gasteiger partial charge is 0.352 e. The monoisotopic (exact) mass is 543 g/mol. The number of hydrogen-bond donors (Lipinski definition) is 1. The summed E-state index contributed by atoms with van der Waals surface area (Å²) in [4.78, 5) is 27.7. The summed E-state index contributed by atoms with van der Waals surface area (Å²) in [6, 6.07) is 8.93. The summed E-state index contributed by atoms with van der Waals surface area (Å²) in [5, 5.41) is 3.29. The van der Waals surface area contributed by atoms with Crippen molar-refractivity contribution in [3.63, 3.8) is 0 Å². The van der Waals surface area contributed by atoms with Gasteiger partial charge in [-0.3, -0.25) is 13.9 Å². The molecule has 2 aromatic rings. The molecule has 7 nitrogen and oxygen atoms in total. The lowest BCUT2D eigenvalue weighted by molar-refractivity contribution is -0.141. The van der Waals surface area contributed by atoms with Crippen LogP contribution < -0.4 is 9.62 Å². The first kappa shape index (κ1) is 29.5. The zero-order valence-corrected chi connectivity index (χ0v) is 22.4. The second kappa shape index (κ2) is 13.0. The fourth-order valence-corrected chi connectivity index (χ4v) is 4.91. The molecule has 1 atom stereocenters. The van der Waals surface area contributed by atoms with Crippen molar-refractivity contribution >= 4 is 39.1 Å². The van der Waals surface area contributed by atoms with Gasteiger partial charge < -0.3 is 10.2 Å². The van der Waals surface area contributed by atoms with Crippen LogP contribution in [0, 0.1) is 11.6 Å². The molecule has 0 radical (unpaired) electrons. The third-order valence-electron chi connectivity index (χ3n) is 5.46. The normalized spacial score (nSPS) is 12.3. The van der Waals surface area contributed by atoms with Crippen LogP contribution in [-0.2, 0) is 26.2 Å². The SMILES string of the molecule is CCC(C(=O)NC(C)C)N(Cc1ccccc1Cl)C(=O)CCCN(c1ccc(F)c(F)c1)S(C)(=O)=O. The van der Waals surface area contributed by atoms with Crippen LogP contribution >= 0.6 is 11.6 Å². The maximum Gasteiger partial charge on any atom is 0.243 e. The lowest BCUT2D eigenvalue weighted by Crippen LogP contribution is -2.50. The van der Waals surface area contributed by atoms with Gasteiger partial charge in [0.15, 0.2) is 11.6 Å². The lowest BCUT2D eigenvalue weighted by Gasteiger charge is -2.32. The molecule has 0 aliphatic heterocycles. The van der Waals surface area contributed by atoms with Gasteiger partial charge in [-0.25, -0.2) is 17.2 Å². The Kier molecular flexibility index (Phi) is 10.7. The number of benzene rings is 2. The fraction of sp³-hybridized carbons (Fsp3) is 0.440. The molecule has 36 heavy (non-hydrogen) atoms. The van der Waals surface area contributed by atoms with E-state index in [1.165, 1.54) is 4.90 Å². The number of sulfonamides is 1. The van der Waals surface area contributed by atoms with Gasteiger partial charge in [-0.15, -0.1) is 0 Å². The second-order valence-electron chi connectivity index (χ2n) is 8.74. The maximum atomic E-state index is 13.7. The number of hydrogen-bond acceptors (Lipinski definition) is 4. The minimum atomic E-state index is -3.83. The Labute approximate surface area is 216 Å². The van der Waals surface area contributed by atoms with Crippen LogP contribution in [0.3, 0.4) is 0 Å². The number of amides is 2. The van der Waals surface area contributed by atoms with Gasteiger partial charge in [-0.05, 0) is 50.5 Å². The van der Waals surface area contributed by atoms with Crippen molar-refractivity contribution in [1.82, 2.24) is 10.2 Å². The van der Waals surface area contributed by atoms with Crippen molar-refractivity contribution < 1.29 is 26.8 Å². The zero-order chi connectivity index (χ0) is 27.0. The molecule has 1 N–H and O–H groups in total. The highest BCUT2D eigenvalue weighted by Gasteiger charge is 2.29. The molecule has 0 fully saturated rings. The Hall–Kier alpha value is -2.72. The van der Waals surface area contributed by atoms with Crippen molar-refractivity contribution in [3.8, 4) is 0 Å². The summed E-state index contributed by atoms with van der Waals surface area (Å²) in [6.07, 6.45) is 1.32. The molecule has 198 valence electrons. The first-order chi connectivity index (χ1) is 16.8. The molecule has 0 aliphatic rings. The number of nitrogens with zero attached hydrogens (tertiary/aromatic N) is 2. The fourth-order valence-electron chi connectivity index (χ4n) is 3.75. The second-order valence-corrected chi connectivity index (χ2v) is 11.1. The van der Waals surface area contributed by atoms with E-state index in [0.717, 1.165) is 28.8 Å². The molecule has 0 aromatic heterocycles. The zero-order valence-electron chi connectivity index (χ0n) is 20.8. The molecule has 2 rings (SSSR count). The summed E-state index contributed by atoms with van der Waals surface area (Å²) >= 11 is 6.30. The third-order valence-corrected chi connectivity index (χ3v) is 7.02. The summed E-state index contributed by atoms with van der Waals surface area (Å²) in [6.45, 7) is 5.41. The number of carbonyl (C=O) groups excluding carboxylic acids is 2. The van der Waals surface area contributed by atoms with E-state index in [1.807, 2.05) is 13.8 Å². The van der Waals surface area contributed by atoms with E-state index in [-0.39, 0.29) is 49.5 Å². The summed E-state index contributed by atoms with van der Waals surface area (Å²) in [5.41, 5.74) is 0.627. The summed E-state index contributed by atoms with van der Waals surface area (Å²) in [7, 11) is -3.83. The topological polar surface area (TPSA) is 86.8 Å². The van der Waals surface area contributed by atoms with Crippen LogP contribution in [0.2, 0.25) is 5.02 Å². The number of anilines is 1. The van der Waals surface area contributed by atoms with Gasteiger partial charge in [0.1, 0.15) is 6.04 Å². The van der Waals surface area contributed by atoms with Crippen LogP contribution in [0.1, 0.15) is 45.6 Å². The van der Waals surface area contributed by atoms with E-state index in [9.17, 15) is 26.8 Å². The smallest absolute Gasteiger partial charge is 0.243 e. The number of nitrogens with one attached hydrogen (secondary N) is 1. The maximum absolute atomic E-state index is 13.7. The summed E-state index contributed by atoms with van der Waals surface area (Å²) < 4.78 is 52.6. The van der Waals surface area contributed by atoms with Gasteiger partial charge in [0.2, 0.25) is 21.8 Å². The molecular weight excluding hydrogens is 512 g/mol. The molecule has 0 bridgehead atoms.